The van der Waals surface area contributed by atoms with Crippen molar-refractivity contribution in [3.63, 3.8) is 0 Å². The van der Waals surface area contributed by atoms with Crippen LogP contribution in [-0.2, 0) is 14.9 Å². The molecule has 1 atom stereocenters. The van der Waals surface area contributed by atoms with Crippen molar-refractivity contribution >= 4 is 17.6 Å². The molecule has 0 spiro atoms. The maximum Gasteiger partial charge on any atom is 0.331 e. The van der Waals surface area contributed by atoms with Crippen LogP contribution >= 0.6 is 0 Å². The van der Waals surface area contributed by atoms with Gasteiger partial charge in [0.05, 0.1) is 31.2 Å². The lowest BCUT2D eigenvalue weighted by Crippen LogP contribution is -2.18. The Bertz CT molecular complexity index is 1160. The average molecular weight is 476 g/mol. The number of hydrogen-bond acceptors (Lipinski definition) is 6. The minimum atomic E-state index is -0.532. The molecule has 2 N–H and O–H groups in total. The number of hydrogen-bond donors (Lipinski definition) is 2. The molecule has 8 nitrogen and oxygen atoms in total. The highest BCUT2D eigenvalue weighted by atomic mass is 16.5. The van der Waals surface area contributed by atoms with Gasteiger partial charge in [0.15, 0.2) is 5.82 Å². The Balaban J connectivity index is 1.67. The number of pyridine rings is 1. The number of methoxy groups -OCH3 is 1. The van der Waals surface area contributed by atoms with Crippen LogP contribution in [0.15, 0.2) is 67.3 Å². The highest BCUT2D eigenvalue weighted by molar-refractivity contribution is 5.95. The summed E-state index contributed by atoms with van der Waals surface area (Å²) in [6, 6.07) is 11.4. The van der Waals surface area contributed by atoms with E-state index in [1.54, 1.807) is 16.8 Å². The van der Waals surface area contributed by atoms with Crippen molar-refractivity contribution in [2.24, 2.45) is 0 Å². The van der Waals surface area contributed by atoms with Crippen LogP contribution in [0.1, 0.15) is 68.1 Å². The van der Waals surface area contributed by atoms with Crippen molar-refractivity contribution in [2.45, 2.75) is 52.0 Å². The van der Waals surface area contributed by atoms with Crippen LogP contribution in [0.2, 0.25) is 0 Å². The highest BCUT2D eigenvalue weighted by Gasteiger charge is 2.17. The van der Waals surface area contributed by atoms with Gasteiger partial charge in [0.25, 0.3) is 5.91 Å². The molecule has 1 unspecified atom stereocenters. The largest absolute Gasteiger partial charge is 0.466 e. The van der Waals surface area contributed by atoms with Gasteiger partial charge in [-0.05, 0) is 47.2 Å². The third kappa shape index (κ3) is 7.02. The molecule has 0 radical (unpaired) electrons. The maximum atomic E-state index is 12.3. The van der Waals surface area contributed by atoms with Crippen LogP contribution in [0.4, 0.5) is 5.69 Å². The summed E-state index contributed by atoms with van der Waals surface area (Å²) < 4.78 is 6.29. The molecule has 0 saturated heterocycles. The van der Waals surface area contributed by atoms with Gasteiger partial charge in [0, 0.05) is 24.0 Å². The molecule has 3 rings (SSSR count). The number of ether oxygens (including phenoxy) is 1. The molecule has 0 fully saturated rings. The van der Waals surface area contributed by atoms with Crippen molar-refractivity contribution in [3.8, 4) is 5.82 Å². The lowest BCUT2D eigenvalue weighted by Gasteiger charge is -2.20. The SMILES string of the molecule is CCCC(Nc1ccc(-n2cc(C(C)(C)C)cn2)nc1)c1ccc(C(=O)NC=CC(=O)OC)cc1. The lowest BCUT2D eigenvalue weighted by atomic mass is 9.90. The average Bonchev–Trinajstić information content (AvgIpc) is 3.35. The summed E-state index contributed by atoms with van der Waals surface area (Å²) in [6.45, 7) is 8.60. The summed E-state index contributed by atoms with van der Waals surface area (Å²) >= 11 is 0. The summed E-state index contributed by atoms with van der Waals surface area (Å²) in [5.41, 5.74) is 3.66. The molecule has 1 aromatic carbocycles. The van der Waals surface area contributed by atoms with Gasteiger partial charge < -0.3 is 15.4 Å². The smallest absolute Gasteiger partial charge is 0.331 e. The molecule has 0 aliphatic carbocycles. The summed E-state index contributed by atoms with van der Waals surface area (Å²) in [4.78, 5) is 28.0. The zero-order valence-corrected chi connectivity index (χ0v) is 20.9. The number of amides is 1. The maximum absolute atomic E-state index is 12.3. The minimum absolute atomic E-state index is 0.0309. The number of benzene rings is 1. The molecule has 8 heteroatoms. The zero-order chi connectivity index (χ0) is 25.4. The predicted octanol–water partition coefficient (Wildman–Crippen LogP) is 4.93. The van der Waals surface area contributed by atoms with Gasteiger partial charge >= 0.3 is 5.97 Å². The van der Waals surface area contributed by atoms with Crippen LogP contribution in [0, 0.1) is 0 Å². The molecule has 184 valence electrons. The number of aromatic nitrogens is 3. The van der Waals surface area contributed by atoms with E-state index in [0.29, 0.717) is 5.56 Å². The van der Waals surface area contributed by atoms with Gasteiger partial charge in [0.2, 0.25) is 0 Å². The number of rotatable bonds is 9. The van der Waals surface area contributed by atoms with E-state index in [-0.39, 0.29) is 17.4 Å². The standard InChI is InChI=1S/C27H33N5O3/c1-6-7-23(19-8-10-20(11-9-19)26(34)28-15-14-25(33)35-5)31-22-12-13-24(29-17-22)32-18-21(16-30-32)27(2,3)4/h8-18,23,31H,6-7H2,1-5H3,(H,28,34). The molecule has 35 heavy (non-hydrogen) atoms. The Hall–Kier alpha value is -3.94. The summed E-state index contributed by atoms with van der Waals surface area (Å²) in [7, 11) is 1.28. The van der Waals surface area contributed by atoms with E-state index in [0.717, 1.165) is 41.5 Å². The van der Waals surface area contributed by atoms with Gasteiger partial charge in [-0.1, -0.05) is 46.2 Å². The summed E-state index contributed by atoms with van der Waals surface area (Å²) in [5, 5.41) is 10.6. The Kier molecular flexibility index (Phi) is 8.41. The number of anilines is 1. The Morgan fingerprint density at radius 3 is 2.43 bits per heavy atom. The first-order valence-corrected chi connectivity index (χ1v) is 11.6. The molecule has 3 aromatic rings. The van der Waals surface area contributed by atoms with Crippen LogP contribution in [0.25, 0.3) is 5.82 Å². The molecule has 1 amide bonds. The molecule has 0 aliphatic heterocycles. The fraction of sp³-hybridized carbons (Fsp3) is 0.333. The highest BCUT2D eigenvalue weighted by Crippen LogP contribution is 2.25. The van der Waals surface area contributed by atoms with Crippen molar-refractivity contribution in [1.82, 2.24) is 20.1 Å². The van der Waals surface area contributed by atoms with Crippen molar-refractivity contribution in [1.29, 1.82) is 0 Å². The van der Waals surface area contributed by atoms with E-state index < -0.39 is 5.97 Å². The Labute approximate surface area is 206 Å². The van der Waals surface area contributed by atoms with E-state index in [1.165, 1.54) is 13.3 Å². The summed E-state index contributed by atoms with van der Waals surface area (Å²) in [5.74, 6) is -0.0737. The first-order valence-electron chi connectivity index (χ1n) is 11.6. The van der Waals surface area contributed by atoms with Crippen molar-refractivity contribution in [3.05, 3.63) is 84.0 Å². The van der Waals surface area contributed by atoms with Gasteiger partial charge in [0.1, 0.15) is 0 Å². The Morgan fingerprint density at radius 1 is 1.11 bits per heavy atom. The molecular formula is C27H33N5O3. The van der Waals surface area contributed by atoms with Crippen molar-refractivity contribution in [2.75, 3.05) is 12.4 Å². The molecule has 2 aromatic heterocycles. The van der Waals surface area contributed by atoms with Gasteiger partial charge in [-0.25, -0.2) is 14.5 Å². The van der Waals surface area contributed by atoms with Crippen LogP contribution in [0.5, 0.6) is 0 Å². The normalized spacial score (nSPS) is 12.4. The second kappa shape index (κ2) is 11.5. The number of nitrogens with zero attached hydrogens (tertiary/aromatic N) is 3. The van der Waals surface area contributed by atoms with Gasteiger partial charge in [-0.15, -0.1) is 0 Å². The van der Waals surface area contributed by atoms with Crippen molar-refractivity contribution < 1.29 is 14.3 Å². The lowest BCUT2D eigenvalue weighted by molar-refractivity contribution is -0.134. The van der Waals surface area contributed by atoms with Crippen LogP contribution < -0.4 is 10.6 Å². The third-order valence-corrected chi connectivity index (χ3v) is 5.56. The van der Waals surface area contributed by atoms with E-state index in [9.17, 15) is 9.59 Å². The van der Waals surface area contributed by atoms with Crippen LogP contribution in [-0.4, -0.2) is 33.8 Å². The first-order chi connectivity index (χ1) is 16.7. The Morgan fingerprint density at radius 2 is 1.86 bits per heavy atom. The number of carbonyl (C=O) groups excluding carboxylic acids is 2. The minimum Gasteiger partial charge on any atom is -0.466 e. The van der Waals surface area contributed by atoms with E-state index in [4.69, 9.17) is 0 Å². The second-order valence-electron chi connectivity index (χ2n) is 9.27. The van der Waals surface area contributed by atoms with Gasteiger partial charge in [-0.3, -0.25) is 4.79 Å². The fourth-order valence-corrected chi connectivity index (χ4v) is 3.46. The molecular weight excluding hydrogens is 442 g/mol. The molecule has 0 saturated carbocycles. The monoisotopic (exact) mass is 475 g/mol. The first kappa shape index (κ1) is 25.7. The predicted molar refractivity (Wildman–Crippen MR) is 136 cm³/mol. The topological polar surface area (TPSA) is 98.1 Å². The van der Waals surface area contributed by atoms with Crippen LogP contribution in [0.3, 0.4) is 0 Å². The number of nitrogens with one attached hydrogen (secondary N) is 2. The summed E-state index contributed by atoms with van der Waals surface area (Å²) in [6.07, 6.45) is 10.0. The third-order valence-electron chi connectivity index (χ3n) is 5.56. The van der Waals surface area contributed by atoms with E-state index in [1.807, 2.05) is 42.9 Å². The fourth-order valence-electron chi connectivity index (χ4n) is 3.46. The zero-order valence-electron chi connectivity index (χ0n) is 20.9. The molecule has 0 aliphatic rings. The molecule has 0 bridgehead atoms. The molecule has 2 heterocycles. The van der Waals surface area contributed by atoms with E-state index in [2.05, 4.69) is 53.1 Å². The number of carbonyl (C=O) groups is 2. The van der Waals surface area contributed by atoms with Gasteiger partial charge in [-0.2, -0.15) is 5.10 Å². The number of esters is 1. The second-order valence-corrected chi connectivity index (χ2v) is 9.27. The quantitative estimate of drug-likeness (QED) is 0.336. The van der Waals surface area contributed by atoms with E-state index >= 15 is 0 Å².